The summed E-state index contributed by atoms with van der Waals surface area (Å²) in [4.78, 5) is 3.59. The van der Waals surface area contributed by atoms with Crippen LogP contribution in [0.25, 0.3) is 0 Å². The molecule has 0 radical (unpaired) electrons. The molecule has 12 heavy (non-hydrogen) atoms. The minimum absolute atomic E-state index is 0. The van der Waals surface area contributed by atoms with E-state index in [1.807, 2.05) is 0 Å². The standard InChI is InChI=1S/C6H6ClNO2S.Li/c1-4-2-6(11(9)10)8-3-5(4)7;/h2-3H,1H3,(H,9,10);/q;+1/p-1. The fourth-order valence-corrected chi connectivity index (χ4v) is 1.12. The number of aromatic nitrogens is 1. The normalized spacial score (nSPS) is 11.9. The number of halogens is 1. The maximum absolute atomic E-state index is 10.4. The third-order valence-electron chi connectivity index (χ3n) is 1.19. The summed E-state index contributed by atoms with van der Waals surface area (Å²) in [6.07, 6.45) is 1.32. The SMILES string of the molecule is Cc1cc(S(=O)[O-])ncc1Cl.[Li+]. The van der Waals surface area contributed by atoms with E-state index in [1.165, 1.54) is 12.3 Å². The van der Waals surface area contributed by atoms with Crippen molar-refractivity contribution in [1.29, 1.82) is 0 Å². The second kappa shape index (κ2) is 5.00. The Morgan fingerprint density at radius 3 is 2.67 bits per heavy atom. The van der Waals surface area contributed by atoms with E-state index in [2.05, 4.69) is 4.98 Å². The number of aryl methyl sites for hydroxylation is 1. The Bertz CT molecular complexity index is 308. The van der Waals surface area contributed by atoms with Gasteiger partial charge in [0.1, 0.15) is 5.03 Å². The first kappa shape index (κ1) is 12.1. The van der Waals surface area contributed by atoms with Crippen LogP contribution in [-0.2, 0) is 11.1 Å². The van der Waals surface area contributed by atoms with E-state index in [0.29, 0.717) is 10.6 Å². The maximum atomic E-state index is 10.4. The van der Waals surface area contributed by atoms with Gasteiger partial charge in [-0.2, -0.15) is 0 Å². The van der Waals surface area contributed by atoms with Crippen LogP contribution < -0.4 is 18.9 Å². The summed E-state index contributed by atoms with van der Waals surface area (Å²) in [6.45, 7) is 1.72. The molecular weight excluding hydrogens is 193 g/mol. The van der Waals surface area contributed by atoms with E-state index in [-0.39, 0.29) is 23.9 Å². The molecule has 0 N–H and O–H groups in total. The van der Waals surface area contributed by atoms with Crippen molar-refractivity contribution in [2.24, 2.45) is 0 Å². The molecule has 0 bridgehead atoms. The zero-order chi connectivity index (χ0) is 8.43. The van der Waals surface area contributed by atoms with Gasteiger partial charge in [-0.05, 0) is 29.6 Å². The molecule has 3 nitrogen and oxygen atoms in total. The molecule has 0 aliphatic heterocycles. The van der Waals surface area contributed by atoms with Gasteiger partial charge < -0.3 is 4.55 Å². The molecule has 0 saturated carbocycles. The van der Waals surface area contributed by atoms with Gasteiger partial charge in [0.25, 0.3) is 0 Å². The van der Waals surface area contributed by atoms with Crippen LogP contribution in [0.5, 0.6) is 0 Å². The summed E-state index contributed by atoms with van der Waals surface area (Å²) in [5, 5.41) is 0.492. The van der Waals surface area contributed by atoms with E-state index in [1.54, 1.807) is 6.92 Å². The van der Waals surface area contributed by atoms with Gasteiger partial charge in [0.05, 0.1) is 5.02 Å². The summed E-state index contributed by atoms with van der Waals surface area (Å²) in [5.41, 5.74) is 0.709. The zero-order valence-electron chi connectivity index (χ0n) is 6.70. The van der Waals surface area contributed by atoms with Crippen LogP contribution in [-0.4, -0.2) is 13.7 Å². The molecule has 1 atom stereocenters. The molecule has 0 aromatic carbocycles. The zero-order valence-corrected chi connectivity index (χ0v) is 8.28. The van der Waals surface area contributed by atoms with Crippen LogP contribution in [0.4, 0.5) is 0 Å². The summed E-state index contributed by atoms with van der Waals surface area (Å²) in [7, 11) is 0. The molecule has 0 aliphatic rings. The molecule has 1 heterocycles. The van der Waals surface area contributed by atoms with Crippen molar-refractivity contribution in [3.63, 3.8) is 0 Å². The quantitative estimate of drug-likeness (QED) is 0.398. The largest absolute Gasteiger partial charge is 1.00 e. The summed E-state index contributed by atoms with van der Waals surface area (Å²) < 4.78 is 20.7. The minimum Gasteiger partial charge on any atom is -0.767 e. The third kappa shape index (κ3) is 2.89. The van der Waals surface area contributed by atoms with Gasteiger partial charge in [-0.25, -0.2) is 4.98 Å². The van der Waals surface area contributed by atoms with Gasteiger partial charge in [0.2, 0.25) is 0 Å². The molecule has 1 unspecified atom stereocenters. The Kier molecular flexibility index (Phi) is 5.06. The summed E-state index contributed by atoms with van der Waals surface area (Å²) in [5.74, 6) is 0. The number of hydrogen-bond donors (Lipinski definition) is 0. The summed E-state index contributed by atoms with van der Waals surface area (Å²) >= 11 is 3.35. The first-order chi connectivity index (χ1) is 5.11. The molecule has 0 saturated heterocycles. The Morgan fingerprint density at radius 2 is 2.25 bits per heavy atom. The average molecular weight is 198 g/mol. The van der Waals surface area contributed by atoms with Gasteiger partial charge in [-0.3, -0.25) is 4.21 Å². The van der Waals surface area contributed by atoms with E-state index in [0.717, 1.165) is 0 Å². The van der Waals surface area contributed by atoms with Crippen LogP contribution in [0.1, 0.15) is 5.56 Å². The monoisotopic (exact) mass is 197 g/mol. The Balaban J connectivity index is 0.00000121. The summed E-state index contributed by atoms with van der Waals surface area (Å²) in [6, 6.07) is 1.42. The second-order valence-corrected chi connectivity index (χ2v) is 3.30. The average Bonchev–Trinajstić information content (AvgIpc) is 1.94. The number of rotatable bonds is 1. The molecule has 0 spiro atoms. The van der Waals surface area contributed by atoms with Crippen molar-refractivity contribution in [3.8, 4) is 0 Å². The minimum atomic E-state index is -2.27. The molecule has 0 amide bonds. The number of hydrogen-bond acceptors (Lipinski definition) is 3. The Morgan fingerprint density at radius 1 is 1.67 bits per heavy atom. The van der Waals surface area contributed by atoms with E-state index < -0.39 is 11.1 Å². The third-order valence-corrected chi connectivity index (χ3v) is 2.15. The van der Waals surface area contributed by atoms with Crippen molar-refractivity contribution in [2.75, 3.05) is 0 Å². The second-order valence-electron chi connectivity index (χ2n) is 2.01. The van der Waals surface area contributed by atoms with Gasteiger partial charge in [0.15, 0.2) is 0 Å². The number of pyridine rings is 1. The molecule has 1 aromatic heterocycles. The van der Waals surface area contributed by atoms with Crippen LogP contribution in [0.15, 0.2) is 17.3 Å². The van der Waals surface area contributed by atoms with Gasteiger partial charge in [-0.15, -0.1) is 0 Å². The topological polar surface area (TPSA) is 53.0 Å². The first-order valence-corrected chi connectivity index (χ1v) is 4.28. The molecule has 1 aromatic rings. The van der Waals surface area contributed by atoms with Crippen molar-refractivity contribution in [2.45, 2.75) is 11.9 Å². The van der Waals surface area contributed by atoms with Gasteiger partial charge in [0, 0.05) is 6.20 Å². The molecular formula is C6H5ClLiNO2S. The smallest absolute Gasteiger partial charge is 0.767 e. The van der Waals surface area contributed by atoms with Gasteiger partial charge >= 0.3 is 18.9 Å². The van der Waals surface area contributed by atoms with Crippen LogP contribution in [0.2, 0.25) is 5.02 Å². The Hall–Kier alpha value is 0.147. The van der Waals surface area contributed by atoms with E-state index in [4.69, 9.17) is 11.6 Å². The fraction of sp³-hybridized carbons (Fsp3) is 0.167. The molecule has 1 rings (SSSR count). The molecule has 60 valence electrons. The predicted molar refractivity (Wildman–Crippen MR) is 41.2 cm³/mol. The molecule has 0 aliphatic carbocycles. The van der Waals surface area contributed by atoms with Crippen molar-refractivity contribution < 1.29 is 27.6 Å². The molecule has 6 heteroatoms. The van der Waals surface area contributed by atoms with Crippen molar-refractivity contribution in [1.82, 2.24) is 4.98 Å². The van der Waals surface area contributed by atoms with Crippen molar-refractivity contribution in [3.05, 3.63) is 22.8 Å². The van der Waals surface area contributed by atoms with Crippen molar-refractivity contribution >= 4 is 22.7 Å². The molecule has 0 fully saturated rings. The first-order valence-electron chi connectivity index (χ1n) is 2.82. The van der Waals surface area contributed by atoms with E-state index >= 15 is 0 Å². The Labute approximate surface area is 90.0 Å². The fourth-order valence-electron chi connectivity index (χ4n) is 0.605. The number of nitrogens with zero attached hydrogens (tertiary/aromatic N) is 1. The van der Waals surface area contributed by atoms with E-state index in [9.17, 15) is 8.76 Å². The maximum Gasteiger partial charge on any atom is 1.00 e. The van der Waals surface area contributed by atoms with Crippen LogP contribution in [0, 0.1) is 6.92 Å². The predicted octanol–water partition coefficient (Wildman–Crippen LogP) is -1.71. The van der Waals surface area contributed by atoms with Gasteiger partial charge in [-0.1, -0.05) is 11.6 Å². The van der Waals surface area contributed by atoms with Crippen LogP contribution in [0.3, 0.4) is 0 Å². The van der Waals surface area contributed by atoms with Crippen LogP contribution >= 0.6 is 11.6 Å².